The summed E-state index contributed by atoms with van der Waals surface area (Å²) in [7, 11) is 1.66. The van der Waals surface area contributed by atoms with E-state index in [1.54, 1.807) is 13.2 Å². The van der Waals surface area contributed by atoms with Gasteiger partial charge in [0.05, 0.1) is 12.7 Å². The SMILES string of the molecule is COCCC(C)OCCNC(=O)/C(C#N)=C/c1ccc2cc(N3CCCCC3)ccc2c1. The van der Waals surface area contributed by atoms with Crippen LogP contribution in [-0.4, -0.2) is 52.0 Å². The molecule has 1 fully saturated rings. The number of hydrogen-bond donors (Lipinski definition) is 1. The number of carbonyl (C=O) groups is 1. The number of ether oxygens (including phenoxy) is 2. The molecule has 1 amide bonds. The van der Waals surface area contributed by atoms with E-state index in [1.807, 2.05) is 25.1 Å². The van der Waals surface area contributed by atoms with E-state index >= 15 is 0 Å². The molecular formula is C26H33N3O3. The van der Waals surface area contributed by atoms with Crippen LogP contribution >= 0.6 is 0 Å². The third-order valence-corrected chi connectivity index (χ3v) is 5.76. The smallest absolute Gasteiger partial charge is 0.262 e. The second kappa shape index (κ2) is 12.2. The number of fused-ring (bicyclic) bond motifs is 1. The van der Waals surface area contributed by atoms with Crippen LogP contribution in [0.2, 0.25) is 0 Å². The lowest BCUT2D eigenvalue weighted by atomic mass is 10.0. The normalized spacial score (nSPS) is 15.4. The Hall–Kier alpha value is -2.88. The molecule has 0 bridgehead atoms. The van der Waals surface area contributed by atoms with Gasteiger partial charge in [-0.1, -0.05) is 18.2 Å². The van der Waals surface area contributed by atoms with E-state index in [0.717, 1.165) is 35.8 Å². The number of amides is 1. The van der Waals surface area contributed by atoms with E-state index < -0.39 is 0 Å². The number of nitriles is 1. The molecule has 1 unspecified atom stereocenters. The minimum absolute atomic E-state index is 0.0610. The third-order valence-electron chi connectivity index (χ3n) is 5.76. The molecule has 1 aliphatic heterocycles. The van der Waals surface area contributed by atoms with Crippen molar-refractivity contribution in [3.63, 3.8) is 0 Å². The van der Waals surface area contributed by atoms with Crippen LogP contribution < -0.4 is 10.2 Å². The largest absolute Gasteiger partial charge is 0.385 e. The Morgan fingerprint density at radius 3 is 2.66 bits per heavy atom. The first-order valence-corrected chi connectivity index (χ1v) is 11.4. The molecule has 6 nitrogen and oxygen atoms in total. The van der Waals surface area contributed by atoms with Crippen LogP contribution in [0.5, 0.6) is 0 Å². The summed E-state index contributed by atoms with van der Waals surface area (Å²) in [5.41, 5.74) is 2.18. The van der Waals surface area contributed by atoms with E-state index in [4.69, 9.17) is 9.47 Å². The predicted octanol–water partition coefficient (Wildman–Crippen LogP) is 4.29. The molecule has 6 heteroatoms. The maximum atomic E-state index is 12.4. The van der Waals surface area contributed by atoms with Gasteiger partial charge in [0.1, 0.15) is 11.6 Å². The summed E-state index contributed by atoms with van der Waals surface area (Å²) < 4.78 is 10.7. The summed E-state index contributed by atoms with van der Waals surface area (Å²) in [5, 5.41) is 14.5. The van der Waals surface area contributed by atoms with Crippen molar-refractivity contribution >= 4 is 28.4 Å². The van der Waals surface area contributed by atoms with E-state index in [9.17, 15) is 10.1 Å². The fourth-order valence-electron chi connectivity index (χ4n) is 3.89. The minimum Gasteiger partial charge on any atom is -0.385 e. The summed E-state index contributed by atoms with van der Waals surface area (Å²) in [4.78, 5) is 14.8. The minimum atomic E-state index is -0.388. The van der Waals surface area contributed by atoms with Crippen LogP contribution in [0.3, 0.4) is 0 Å². The molecule has 0 saturated carbocycles. The Bertz CT molecular complexity index is 974. The van der Waals surface area contributed by atoms with E-state index in [0.29, 0.717) is 19.8 Å². The van der Waals surface area contributed by atoms with Gasteiger partial charge in [-0.3, -0.25) is 4.79 Å². The Kier molecular flexibility index (Phi) is 9.09. The first kappa shape index (κ1) is 23.8. The molecule has 1 heterocycles. The van der Waals surface area contributed by atoms with Crippen LogP contribution in [0.15, 0.2) is 42.0 Å². The van der Waals surface area contributed by atoms with Crippen LogP contribution in [0.4, 0.5) is 5.69 Å². The number of anilines is 1. The average molecular weight is 436 g/mol. The molecule has 32 heavy (non-hydrogen) atoms. The fraction of sp³-hybridized carbons (Fsp3) is 0.462. The summed E-state index contributed by atoms with van der Waals surface area (Å²) in [6.07, 6.45) is 6.31. The van der Waals surface area contributed by atoms with Gasteiger partial charge >= 0.3 is 0 Å². The maximum Gasteiger partial charge on any atom is 0.262 e. The molecule has 1 N–H and O–H groups in total. The zero-order valence-electron chi connectivity index (χ0n) is 19.1. The van der Waals surface area contributed by atoms with Crippen LogP contribution in [0.1, 0.15) is 38.2 Å². The Morgan fingerprint density at radius 2 is 1.91 bits per heavy atom. The number of carbonyl (C=O) groups excluding carboxylic acids is 1. The van der Waals surface area contributed by atoms with Crippen molar-refractivity contribution in [1.82, 2.24) is 5.32 Å². The highest BCUT2D eigenvalue weighted by Crippen LogP contribution is 2.26. The molecule has 2 aromatic carbocycles. The van der Waals surface area contributed by atoms with Crippen molar-refractivity contribution in [2.45, 2.75) is 38.7 Å². The number of piperidine rings is 1. The molecule has 1 atom stereocenters. The highest BCUT2D eigenvalue weighted by molar-refractivity contribution is 6.02. The van der Waals surface area contributed by atoms with Gasteiger partial charge in [0.15, 0.2) is 0 Å². The monoisotopic (exact) mass is 435 g/mol. The summed E-state index contributed by atoms with van der Waals surface area (Å²) in [6, 6.07) is 14.5. The fourth-order valence-corrected chi connectivity index (χ4v) is 3.89. The molecule has 3 rings (SSSR count). The first-order chi connectivity index (χ1) is 15.6. The van der Waals surface area contributed by atoms with Gasteiger partial charge in [0, 0.05) is 39.0 Å². The van der Waals surface area contributed by atoms with Crippen LogP contribution in [-0.2, 0) is 14.3 Å². The number of benzene rings is 2. The zero-order valence-corrected chi connectivity index (χ0v) is 19.1. The number of hydrogen-bond acceptors (Lipinski definition) is 5. The zero-order chi connectivity index (χ0) is 22.8. The summed E-state index contributed by atoms with van der Waals surface area (Å²) >= 11 is 0. The molecule has 0 aromatic heterocycles. The number of nitrogens with zero attached hydrogens (tertiary/aromatic N) is 2. The average Bonchev–Trinajstić information content (AvgIpc) is 2.83. The molecule has 1 aliphatic rings. The molecule has 0 aliphatic carbocycles. The second-order valence-corrected chi connectivity index (χ2v) is 8.23. The van der Waals surface area contributed by atoms with Crippen molar-refractivity contribution < 1.29 is 14.3 Å². The molecule has 2 aromatic rings. The lowest BCUT2D eigenvalue weighted by molar-refractivity contribution is -0.117. The second-order valence-electron chi connectivity index (χ2n) is 8.23. The van der Waals surface area contributed by atoms with Gasteiger partial charge in [-0.05, 0) is 73.2 Å². The van der Waals surface area contributed by atoms with Gasteiger partial charge in [0.2, 0.25) is 0 Å². The lowest BCUT2D eigenvalue weighted by Crippen LogP contribution is -2.29. The third kappa shape index (κ3) is 6.81. The predicted molar refractivity (Wildman–Crippen MR) is 129 cm³/mol. The van der Waals surface area contributed by atoms with Crippen LogP contribution in [0, 0.1) is 11.3 Å². The molecule has 1 saturated heterocycles. The number of rotatable bonds is 10. The number of methoxy groups -OCH3 is 1. The highest BCUT2D eigenvalue weighted by Gasteiger charge is 2.12. The van der Waals surface area contributed by atoms with Crippen molar-refractivity contribution in [2.75, 3.05) is 44.9 Å². The quantitative estimate of drug-likeness (QED) is 0.342. The van der Waals surface area contributed by atoms with Gasteiger partial charge in [-0.25, -0.2) is 0 Å². The van der Waals surface area contributed by atoms with Gasteiger partial charge < -0.3 is 19.7 Å². The van der Waals surface area contributed by atoms with Crippen molar-refractivity contribution in [2.24, 2.45) is 0 Å². The Morgan fingerprint density at radius 1 is 1.16 bits per heavy atom. The molecular weight excluding hydrogens is 402 g/mol. The van der Waals surface area contributed by atoms with Gasteiger partial charge in [-0.15, -0.1) is 0 Å². The van der Waals surface area contributed by atoms with Crippen molar-refractivity contribution in [3.05, 3.63) is 47.5 Å². The standard InChI is InChI=1S/C26H33N3O3/c1-20(10-14-31-2)32-15-11-28-26(30)24(19-27)17-21-6-7-23-18-25(9-8-22(23)16-21)29-12-4-3-5-13-29/h6-9,16-18,20H,3-5,10-15H2,1-2H3,(H,28,30)/b24-17+. The molecule has 170 valence electrons. The molecule has 0 radical (unpaired) electrons. The van der Waals surface area contributed by atoms with Gasteiger partial charge in [0.25, 0.3) is 5.91 Å². The highest BCUT2D eigenvalue weighted by atomic mass is 16.5. The topological polar surface area (TPSA) is 74.6 Å². The van der Waals surface area contributed by atoms with Gasteiger partial charge in [-0.2, -0.15) is 5.26 Å². The summed E-state index contributed by atoms with van der Waals surface area (Å²) in [5.74, 6) is -0.388. The Labute approximate surface area is 190 Å². The van der Waals surface area contributed by atoms with E-state index in [1.165, 1.54) is 24.9 Å². The Balaban J connectivity index is 1.60. The number of nitrogens with one attached hydrogen (secondary N) is 1. The molecule has 0 spiro atoms. The van der Waals surface area contributed by atoms with Crippen molar-refractivity contribution in [1.29, 1.82) is 5.26 Å². The van der Waals surface area contributed by atoms with Crippen LogP contribution in [0.25, 0.3) is 16.8 Å². The van der Waals surface area contributed by atoms with E-state index in [-0.39, 0.29) is 17.6 Å². The summed E-state index contributed by atoms with van der Waals surface area (Å²) in [6.45, 7) is 5.59. The maximum absolute atomic E-state index is 12.4. The first-order valence-electron chi connectivity index (χ1n) is 11.4. The lowest BCUT2D eigenvalue weighted by Gasteiger charge is -2.29. The van der Waals surface area contributed by atoms with E-state index in [2.05, 4.69) is 34.5 Å². The van der Waals surface area contributed by atoms with Crippen molar-refractivity contribution in [3.8, 4) is 6.07 Å².